The van der Waals surface area contributed by atoms with Crippen LogP contribution >= 0.6 is 23.2 Å². The summed E-state index contributed by atoms with van der Waals surface area (Å²) >= 11 is 12.8. The van der Waals surface area contributed by atoms with E-state index in [0.717, 1.165) is 48.5 Å². The van der Waals surface area contributed by atoms with Crippen LogP contribution in [0.15, 0.2) is 82.9 Å². The fraction of sp³-hybridized carbons (Fsp3) is 0.373. The summed E-state index contributed by atoms with van der Waals surface area (Å²) in [6.45, 7) is 8.37. The molecule has 0 bridgehead atoms. The Balaban J connectivity index is 0.000000183. The van der Waals surface area contributed by atoms with Crippen molar-refractivity contribution in [1.29, 1.82) is 0 Å². The van der Waals surface area contributed by atoms with Crippen molar-refractivity contribution in [3.63, 3.8) is 0 Å². The lowest BCUT2D eigenvalue weighted by molar-refractivity contribution is -0.156. The molecule has 0 radical (unpaired) electrons. The standard InChI is InChI=1S/C27H30ClFN6O3.C22H22ClFN6O.C2HF3O/c1-27(2,3)38-26(37)31-18-6-5-11-34(15-18)25-32-22-19-13-30-10-9-21(19)33(4)24(36)23(22)35(25)14-16-12-17(29)7-8-20(16)28;1-28-18-6-7-26-10-16(18)19-20(21(28)31)30(11-13-9-14(24)4-5-17(13)23)22(27-19)29-8-2-3-15(25)12-29;3-2(4,5)1-6/h7-10,12-13,18H,5-6,11,14-15H2,1-4H3,(H,31,37);4-7,9-10,15H,2-3,8,11-12,25H2,1H3;1H/t18-;15-;/m11./s1. The number of amides is 1. The maximum absolute atomic E-state index is 14.2. The molecule has 2 aliphatic heterocycles. The van der Waals surface area contributed by atoms with Crippen LogP contribution in [0.3, 0.4) is 0 Å². The number of nitrogens with one attached hydrogen (secondary N) is 1. The number of hydrogen-bond donors (Lipinski definition) is 2. The third kappa shape index (κ3) is 12.0. The lowest BCUT2D eigenvalue weighted by Crippen LogP contribution is -2.49. The lowest BCUT2D eigenvalue weighted by atomic mass is 10.1. The minimum Gasteiger partial charge on any atom is -0.444 e. The Labute approximate surface area is 435 Å². The van der Waals surface area contributed by atoms with Crippen molar-refractivity contribution in [2.24, 2.45) is 19.8 Å². The Morgan fingerprint density at radius 2 is 1.21 bits per heavy atom. The molecule has 2 atom stereocenters. The molecule has 0 aliphatic carbocycles. The molecule has 17 nitrogen and oxygen atoms in total. The van der Waals surface area contributed by atoms with Gasteiger partial charge in [0.15, 0.2) is 0 Å². The second-order valence-corrected chi connectivity index (χ2v) is 20.1. The highest BCUT2D eigenvalue weighted by molar-refractivity contribution is 6.31. The minimum absolute atomic E-state index is 0.0287. The number of alkyl carbamates (subject to hydrolysis) is 1. The van der Waals surface area contributed by atoms with Gasteiger partial charge in [-0.3, -0.25) is 24.4 Å². The summed E-state index contributed by atoms with van der Waals surface area (Å²) in [6, 6.07) is 11.8. The molecule has 10 rings (SSSR count). The van der Waals surface area contributed by atoms with Gasteiger partial charge in [0.25, 0.3) is 11.1 Å². The second-order valence-electron chi connectivity index (χ2n) is 19.3. The molecule has 0 spiro atoms. The molecule has 0 unspecified atom stereocenters. The van der Waals surface area contributed by atoms with Gasteiger partial charge in [-0.15, -0.1) is 0 Å². The van der Waals surface area contributed by atoms with Crippen LogP contribution < -0.4 is 32.0 Å². The number of fused-ring (bicyclic) bond motifs is 6. The van der Waals surface area contributed by atoms with Crippen molar-refractivity contribution < 1.29 is 36.3 Å². The monoisotopic (exact) mass is 1080 g/mol. The quantitative estimate of drug-likeness (QED) is 0.115. The van der Waals surface area contributed by atoms with Gasteiger partial charge in [0.05, 0.1) is 24.1 Å². The minimum atomic E-state index is -4.64. The molecule has 2 aliphatic rings. The molecule has 8 heterocycles. The van der Waals surface area contributed by atoms with E-state index in [9.17, 15) is 36.3 Å². The number of halogens is 7. The Bertz CT molecular complexity index is 3580. The Morgan fingerprint density at radius 1 is 0.760 bits per heavy atom. The Hall–Kier alpha value is -7.17. The zero-order valence-corrected chi connectivity index (χ0v) is 43.0. The molecule has 2 fully saturated rings. The van der Waals surface area contributed by atoms with E-state index in [0.29, 0.717) is 80.3 Å². The van der Waals surface area contributed by atoms with Crippen molar-refractivity contribution >= 4 is 91.4 Å². The van der Waals surface area contributed by atoms with Gasteiger partial charge in [-0.1, -0.05) is 23.2 Å². The number of alkyl halides is 3. The van der Waals surface area contributed by atoms with Gasteiger partial charge in [0, 0.05) is 98.0 Å². The van der Waals surface area contributed by atoms with Gasteiger partial charge in [0.1, 0.15) is 39.3 Å². The molecule has 75 heavy (non-hydrogen) atoms. The molecule has 6 aromatic heterocycles. The summed E-state index contributed by atoms with van der Waals surface area (Å²) in [5.74, 6) is 0.383. The molecular formula is C51H53Cl2F5N12O5. The van der Waals surface area contributed by atoms with E-state index in [1.807, 2.05) is 30.2 Å². The van der Waals surface area contributed by atoms with Gasteiger partial charge >= 0.3 is 12.3 Å². The fourth-order valence-corrected chi connectivity index (χ4v) is 9.70. The van der Waals surface area contributed by atoms with Crippen LogP contribution in [0, 0.1) is 11.6 Å². The highest BCUT2D eigenvalue weighted by Gasteiger charge is 2.31. The van der Waals surface area contributed by atoms with Gasteiger partial charge < -0.3 is 43.9 Å². The maximum Gasteiger partial charge on any atom is 0.446 e. The van der Waals surface area contributed by atoms with E-state index in [1.165, 1.54) is 36.4 Å². The van der Waals surface area contributed by atoms with Crippen molar-refractivity contribution in [3.8, 4) is 0 Å². The number of carbonyl (C=O) groups is 2. The van der Waals surface area contributed by atoms with E-state index >= 15 is 0 Å². The van der Waals surface area contributed by atoms with E-state index in [4.69, 9.17) is 48.4 Å². The molecule has 396 valence electrons. The normalized spacial score (nSPS) is 16.2. The first kappa shape index (κ1) is 54.1. The summed E-state index contributed by atoms with van der Waals surface area (Å²) in [5, 5.41) is 5.30. The number of nitrogens with two attached hydrogens (primary N) is 1. The Morgan fingerprint density at radius 3 is 1.65 bits per heavy atom. The summed E-state index contributed by atoms with van der Waals surface area (Å²) in [6.07, 6.45) is 3.98. The number of carbonyl (C=O) groups excluding carboxylic acids is 2. The Kier molecular flexibility index (Phi) is 15.8. The second kappa shape index (κ2) is 22.0. The average molecular weight is 1080 g/mol. The number of anilines is 2. The fourth-order valence-electron chi connectivity index (χ4n) is 9.35. The van der Waals surface area contributed by atoms with Crippen LogP contribution in [0.2, 0.25) is 10.0 Å². The first-order chi connectivity index (χ1) is 35.5. The first-order valence-electron chi connectivity index (χ1n) is 23.8. The third-order valence-electron chi connectivity index (χ3n) is 12.7. The van der Waals surface area contributed by atoms with Crippen LogP contribution in [0.25, 0.3) is 43.9 Å². The predicted molar refractivity (Wildman–Crippen MR) is 278 cm³/mol. The van der Waals surface area contributed by atoms with Crippen LogP contribution in [-0.2, 0) is 36.7 Å². The number of aromatic nitrogens is 8. The molecular weight excluding hydrogens is 1030 g/mol. The number of aldehydes is 1. The topological polar surface area (TPSA) is 193 Å². The number of piperidine rings is 2. The van der Waals surface area contributed by atoms with Gasteiger partial charge in [0.2, 0.25) is 18.2 Å². The largest absolute Gasteiger partial charge is 0.446 e. The van der Waals surface area contributed by atoms with Crippen LogP contribution in [0.1, 0.15) is 57.6 Å². The first-order valence-corrected chi connectivity index (χ1v) is 24.6. The van der Waals surface area contributed by atoms with E-state index in [1.54, 1.807) is 64.7 Å². The molecule has 1 amide bonds. The van der Waals surface area contributed by atoms with Crippen LogP contribution in [0.5, 0.6) is 0 Å². The number of benzene rings is 2. The lowest BCUT2D eigenvalue weighted by Gasteiger charge is -2.34. The average Bonchev–Trinajstić information content (AvgIpc) is 4.00. The van der Waals surface area contributed by atoms with E-state index in [-0.39, 0.29) is 42.1 Å². The summed E-state index contributed by atoms with van der Waals surface area (Å²) < 4.78 is 71.6. The molecule has 0 saturated carbocycles. The van der Waals surface area contributed by atoms with Gasteiger partial charge in [-0.25, -0.2) is 23.5 Å². The van der Waals surface area contributed by atoms with Gasteiger partial charge in [-0.05, 0) is 106 Å². The number of aryl methyl sites for hydroxylation is 2. The number of imidazole rings is 2. The number of hydrogen-bond acceptors (Lipinski definition) is 12. The number of pyridine rings is 4. The third-order valence-corrected chi connectivity index (χ3v) is 13.4. The van der Waals surface area contributed by atoms with Crippen LogP contribution in [-0.4, -0.2) is 101 Å². The summed E-state index contributed by atoms with van der Waals surface area (Å²) in [7, 11) is 3.44. The van der Waals surface area contributed by atoms with Crippen molar-refractivity contribution in [2.75, 3.05) is 36.0 Å². The van der Waals surface area contributed by atoms with Crippen molar-refractivity contribution in [1.82, 2.24) is 43.5 Å². The number of nitrogens with zero attached hydrogens (tertiary/aromatic N) is 10. The zero-order chi connectivity index (χ0) is 54.1. The predicted octanol–water partition coefficient (Wildman–Crippen LogP) is 8.42. The summed E-state index contributed by atoms with van der Waals surface area (Å²) in [4.78, 5) is 70.6. The summed E-state index contributed by atoms with van der Waals surface area (Å²) in [5.41, 5.74) is 9.69. The molecule has 8 aromatic rings. The highest BCUT2D eigenvalue weighted by atomic mass is 35.5. The molecule has 2 saturated heterocycles. The number of ether oxygens (including phenoxy) is 1. The number of rotatable bonds is 7. The van der Waals surface area contributed by atoms with E-state index in [2.05, 4.69) is 20.2 Å². The van der Waals surface area contributed by atoms with Crippen molar-refractivity contribution in [3.05, 3.63) is 127 Å². The van der Waals surface area contributed by atoms with E-state index < -0.39 is 30.0 Å². The maximum atomic E-state index is 14.2. The SMILES string of the molecule is Cn1c(=O)c2c(nc(N3CCC[C@@H](N)C3)n2Cc2cc(F)ccc2Cl)c2cnccc21.Cn1c(=O)c2c(nc(N3CCC[C@@H](NC(=O)OC(C)(C)C)C3)n2Cc2cc(F)ccc2Cl)c2cnccc21.O=CC(F)(F)F. The zero-order valence-electron chi connectivity index (χ0n) is 41.5. The molecule has 24 heteroatoms. The van der Waals surface area contributed by atoms with Gasteiger partial charge in [-0.2, -0.15) is 13.2 Å². The van der Waals surface area contributed by atoms with Crippen LogP contribution in [0.4, 0.5) is 38.6 Å². The highest BCUT2D eigenvalue weighted by Crippen LogP contribution is 2.33. The smallest absolute Gasteiger partial charge is 0.444 e. The molecule has 2 aromatic carbocycles. The van der Waals surface area contributed by atoms with Crippen molar-refractivity contribution in [2.45, 2.75) is 83.4 Å². The molecule has 3 N–H and O–H groups in total.